The van der Waals surface area contributed by atoms with Gasteiger partial charge in [0.05, 0.1) is 0 Å². The molecule has 0 saturated heterocycles. The molecule has 19 heavy (non-hydrogen) atoms. The first-order valence-corrected chi connectivity index (χ1v) is 6.48. The van der Waals surface area contributed by atoms with Crippen molar-refractivity contribution in [2.24, 2.45) is 0 Å². The molecule has 1 atom stereocenters. The van der Waals surface area contributed by atoms with Crippen LogP contribution in [-0.2, 0) is 0 Å². The largest absolute Gasteiger partial charge is 0.450 e. The van der Waals surface area contributed by atoms with Crippen molar-refractivity contribution >= 4 is 16.9 Å². The molecule has 0 fully saturated rings. The summed E-state index contributed by atoms with van der Waals surface area (Å²) in [6.45, 7) is 6.48. The molecule has 1 aromatic carbocycles. The number of hydrogen-bond donors (Lipinski definition) is 2. The molecule has 0 aliphatic rings. The van der Waals surface area contributed by atoms with Crippen LogP contribution in [0.5, 0.6) is 0 Å². The number of likely N-dealkylation sites (N-methyl/N-ethyl adjacent to an activating group) is 1. The van der Waals surface area contributed by atoms with Crippen molar-refractivity contribution in [2.75, 3.05) is 13.6 Å². The molecule has 102 valence electrons. The van der Waals surface area contributed by atoms with Gasteiger partial charge in [-0.1, -0.05) is 18.2 Å². The Labute approximate surface area is 113 Å². The summed E-state index contributed by atoms with van der Waals surface area (Å²) in [4.78, 5) is 12.1. The SMILES string of the molecule is CNC(C)CNC(=O)c1oc2c(C)cccc2c1C. The van der Waals surface area contributed by atoms with E-state index in [4.69, 9.17) is 4.42 Å². The second kappa shape index (κ2) is 5.45. The number of fused-ring (bicyclic) bond motifs is 1. The zero-order valence-corrected chi connectivity index (χ0v) is 11.8. The molecule has 0 aliphatic heterocycles. The molecule has 0 radical (unpaired) electrons. The van der Waals surface area contributed by atoms with E-state index in [9.17, 15) is 4.79 Å². The fourth-order valence-corrected chi connectivity index (χ4v) is 2.03. The summed E-state index contributed by atoms with van der Waals surface area (Å²) in [5.74, 6) is 0.253. The first-order chi connectivity index (χ1) is 9.04. The topological polar surface area (TPSA) is 54.3 Å². The van der Waals surface area contributed by atoms with Gasteiger partial charge in [0, 0.05) is 23.5 Å². The summed E-state index contributed by atoms with van der Waals surface area (Å²) in [7, 11) is 1.87. The van der Waals surface area contributed by atoms with Gasteiger partial charge in [0.1, 0.15) is 5.58 Å². The van der Waals surface area contributed by atoms with Crippen molar-refractivity contribution in [2.45, 2.75) is 26.8 Å². The van der Waals surface area contributed by atoms with E-state index in [1.807, 2.05) is 46.0 Å². The summed E-state index contributed by atoms with van der Waals surface area (Å²) in [5, 5.41) is 6.96. The van der Waals surface area contributed by atoms with Crippen LogP contribution in [0.25, 0.3) is 11.0 Å². The summed E-state index contributed by atoms with van der Waals surface area (Å²) in [6.07, 6.45) is 0. The maximum Gasteiger partial charge on any atom is 0.287 e. The van der Waals surface area contributed by atoms with Crippen LogP contribution < -0.4 is 10.6 Å². The van der Waals surface area contributed by atoms with E-state index >= 15 is 0 Å². The highest BCUT2D eigenvalue weighted by atomic mass is 16.3. The second-order valence-corrected chi connectivity index (χ2v) is 4.91. The normalized spacial score (nSPS) is 12.6. The molecule has 0 spiro atoms. The van der Waals surface area contributed by atoms with Gasteiger partial charge in [-0.15, -0.1) is 0 Å². The number of benzene rings is 1. The number of nitrogens with one attached hydrogen (secondary N) is 2. The van der Waals surface area contributed by atoms with Gasteiger partial charge in [-0.25, -0.2) is 0 Å². The fraction of sp³-hybridized carbons (Fsp3) is 0.400. The van der Waals surface area contributed by atoms with E-state index in [1.54, 1.807) is 0 Å². The van der Waals surface area contributed by atoms with Gasteiger partial charge in [-0.3, -0.25) is 4.79 Å². The highest BCUT2D eigenvalue weighted by Gasteiger charge is 2.18. The molecule has 2 rings (SSSR count). The molecular weight excluding hydrogens is 240 g/mol. The minimum atomic E-state index is -0.157. The Morgan fingerprint density at radius 3 is 2.74 bits per heavy atom. The molecule has 1 aromatic heterocycles. The minimum Gasteiger partial charge on any atom is -0.450 e. The third-order valence-corrected chi connectivity index (χ3v) is 3.43. The third-order valence-electron chi connectivity index (χ3n) is 3.43. The Bertz CT molecular complexity index is 601. The summed E-state index contributed by atoms with van der Waals surface area (Å²) in [6, 6.07) is 6.17. The van der Waals surface area contributed by atoms with Gasteiger partial charge in [0.25, 0.3) is 5.91 Å². The molecule has 4 nitrogen and oxygen atoms in total. The van der Waals surface area contributed by atoms with Crippen molar-refractivity contribution in [1.29, 1.82) is 0 Å². The Morgan fingerprint density at radius 2 is 2.11 bits per heavy atom. The van der Waals surface area contributed by atoms with E-state index in [-0.39, 0.29) is 11.9 Å². The van der Waals surface area contributed by atoms with E-state index in [2.05, 4.69) is 10.6 Å². The number of hydrogen-bond acceptors (Lipinski definition) is 3. The lowest BCUT2D eigenvalue weighted by atomic mass is 10.1. The van der Waals surface area contributed by atoms with E-state index < -0.39 is 0 Å². The van der Waals surface area contributed by atoms with Crippen LogP contribution in [0.3, 0.4) is 0 Å². The molecule has 0 aliphatic carbocycles. The lowest BCUT2D eigenvalue weighted by Crippen LogP contribution is -2.37. The maximum atomic E-state index is 12.1. The van der Waals surface area contributed by atoms with Crippen molar-refractivity contribution in [3.63, 3.8) is 0 Å². The van der Waals surface area contributed by atoms with Gasteiger partial charge in [0.2, 0.25) is 0 Å². The van der Waals surface area contributed by atoms with E-state index in [0.29, 0.717) is 12.3 Å². The van der Waals surface area contributed by atoms with Gasteiger partial charge in [-0.05, 0) is 33.4 Å². The number of carbonyl (C=O) groups excluding carboxylic acids is 1. The first-order valence-electron chi connectivity index (χ1n) is 6.48. The Morgan fingerprint density at radius 1 is 1.37 bits per heavy atom. The summed E-state index contributed by atoms with van der Waals surface area (Å²) in [5.41, 5.74) is 2.74. The van der Waals surface area contributed by atoms with Gasteiger partial charge < -0.3 is 15.1 Å². The molecule has 2 aromatic rings. The lowest BCUT2D eigenvalue weighted by molar-refractivity contribution is 0.0924. The first kappa shape index (κ1) is 13.6. The van der Waals surface area contributed by atoms with Crippen LogP contribution in [0, 0.1) is 13.8 Å². The number of aryl methyl sites for hydroxylation is 2. The maximum absolute atomic E-state index is 12.1. The summed E-state index contributed by atoms with van der Waals surface area (Å²) < 4.78 is 5.72. The van der Waals surface area contributed by atoms with Gasteiger partial charge >= 0.3 is 0 Å². The van der Waals surface area contributed by atoms with Crippen LogP contribution in [0.2, 0.25) is 0 Å². The predicted octanol–water partition coefficient (Wildman–Crippen LogP) is 2.39. The van der Waals surface area contributed by atoms with Gasteiger partial charge in [0.15, 0.2) is 5.76 Å². The van der Waals surface area contributed by atoms with Crippen LogP contribution in [-0.4, -0.2) is 25.5 Å². The van der Waals surface area contributed by atoms with Crippen molar-refractivity contribution in [1.82, 2.24) is 10.6 Å². The van der Waals surface area contributed by atoms with Crippen LogP contribution >= 0.6 is 0 Å². The van der Waals surface area contributed by atoms with E-state index in [1.165, 1.54) is 0 Å². The molecule has 0 saturated carbocycles. The van der Waals surface area contributed by atoms with Gasteiger partial charge in [-0.2, -0.15) is 0 Å². The number of furan rings is 1. The number of amides is 1. The highest BCUT2D eigenvalue weighted by molar-refractivity contribution is 5.99. The zero-order chi connectivity index (χ0) is 14.0. The smallest absolute Gasteiger partial charge is 0.287 e. The Balaban J connectivity index is 2.28. The van der Waals surface area contributed by atoms with Crippen LogP contribution in [0.4, 0.5) is 0 Å². The van der Waals surface area contributed by atoms with Crippen molar-refractivity contribution < 1.29 is 9.21 Å². The van der Waals surface area contributed by atoms with E-state index in [0.717, 1.165) is 22.1 Å². The summed E-state index contributed by atoms with van der Waals surface area (Å²) >= 11 is 0. The standard InChI is InChI=1S/C15H20N2O2/c1-9-6-5-7-12-11(3)14(19-13(9)12)15(18)17-8-10(2)16-4/h5-7,10,16H,8H2,1-4H3,(H,17,18). The Kier molecular flexibility index (Phi) is 3.90. The molecule has 4 heteroatoms. The zero-order valence-electron chi connectivity index (χ0n) is 11.8. The molecular formula is C15H20N2O2. The Hall–Kier alpha value is -1.81. The molecule has 1 heterocycles. The third kappa shape index (κ3) is 2.63. The molecule has 0 bridgehead atoms. The second-order valence-electron chi connectivity index (χ2n) is 4.91. The predicted molar refractivity (Wildman–Crippen MR) is 76.5 cm³/mol. The molecule has 1 unspecified atom stereocenters. The minimum absolute atomic E-state index is 0.157. The fourth-order valence-electron chi connectivity index (χ4n) is 2.03. The monoisotopic (exact) mass is 260 g/mol. The lowest BCUT2D eigenvalue weighted by Gasteiger charge is -2.10. The van der Waals surface area contributed by atoms with Crippen LogP contribution in [0.15, 0.2) is 22.6 Å². The average Bonchev–Trinajstić information content (AvgIpc) is 2.75. The molecule has 1 amide bonds. The number of para-hydroxylation sites is 1. The number of rotatable bonds is 4. The highest BCUT2D eigenvalue weighted by Crippen LogP contribution is 2.27. The van der Waals surface area contributed by atoms with Crippen molar-refractivity contribution in [3.05, 3.63) is 35.1 Å². The quantitative estimate of drug-likeness (QED) is 0.887. The van der Waals surface area contributed by atoms with Crippen molar-refractivity contribution in [3.8, 4) is 0 Å². The van der Waals surface area contributed by atoms with Crippen LogP contribution in [0.1, 0.15) is 28.6 Å². The number of carbonyl (C=O) groups is 1. The average molecular weight is 260 g/mol. The molecule has 2 N–H and O–H groups in total.